The van der Waals surface area contributed by atoms with Crippen LogP contribution in [0, 0.1) is 0 Å². The molecule has 4 N–H and O–H groups in total. The van der Waals surface area contributed by atoms with Crippen molar-refractivity contribution in [3.8, 4) is 0 Å². The number of likely N-dealkylation sites (tertiary alicyclic amines) is 2. The summed E-state index contributed by atoms with van der Waals surface area (Å²) in [6, 6.07) is 10.6. The molecule has 0 radical (unpaired) electrons. The molecular formula is C37H50Br2N8O4. The number of para-hydroxylation sites is 1. The normalized spacial score (nSPS) is 20.7. The molecule has 4 aliphatic rings. The van der Waals surface area contributed by atoms with E-state index < -0.39 is 6.04 Å². The topological polar surface area (TPSA) is 135 Å². The van der Waals surface area contributed by atoms with Crippen LogP contribution in [0.2, 0.25) is 0 Å². The third-order valence-corrected chi connectivity index (χ3v) is 12.4. The predicted molar refractivity (Wildman–Crippen MR) is 206 cm³/mol. The van der Waals surface area contributed by atoms with E-state index in [0.29, 0.717) is 65.3 Å². The fraction of sp³-hybridized carbons (Fsp3) is 0.568. The fourth-order valence-electron chi connectivity index (χ4n) is 7.83. The first-order chi connectivity index (χ1) is 24.5. The molecule has 3 saturated heterocycles. The molecule has 1 unspecified atom stereocenters. The van der Waals surface area contributed by atoms with E-state index in [-0.39, 0.29) is 42.5 Å². The quantitative estimate of drug-likeness (QED) is 0.242. The average Bonchev–Trinajstić information content (AvgIpc) is 3.30. The van der Waals surface area contributed by atoms with Gasteiger partial charge in [-0.25, -0.2) is 4.79 Å². The number of nitrogens with zero attached hydrogens (tertiary/aromatic N) is 5. The van der Waals surface area contributed by atoms with Gasteiger partial charge in [-0.2, -0.15) is 0 Å². The number of hydrogen-bond acceptors (Lipinski definition) is 8. The second-order valence-electron chi connectivity index (χ2n) is 14.4. The molecule has 4 heterocycles. The number of piperidine rings is 2. The van der Waals surface area contributed by atoms with Gasteiger partial charge in [0.05, 0.1) is 5.69 Å². The van der Waals surface area contributed by atoms with Gasteiger partial charge >= 0.3 is 6.03 Å². The summed E-state index contributed by atoms with van der Waals surface area (Å²) in [5.74, 6) is -0.779. The zero-order chi connectivity index (χ0) is 36.1. The van der Waals surface area contributed by atoms with Crippen LogP contribution in [0.1, 0.15) is 54.4 Å². The Morgan fingerprint density at radius 2 is 1.55 bits per heavy atom. The first kappa shape index (κ1) is 37.7. The number of amides is 4. The summed E-state index contributed by atoms with van der Waals surface area (Å²) in [4.78, 5) is 65.1. The zero-order valence-electron chi connectivity index (χ0n) is 29.4. The number of Topliss-reactive ketones (excluding diaryl/α,β-unsaturated/α-hetero) is 1. The lowest BCUT2D eigenvalue weighted by molar-refractivity contribution is -0.137. The Labute approximate surface area is 317 Å². The number of piperazine rings is 1. The van der Waals surface area contributed by atoms with Crippen molar-refractivity contribution in [2.45, 2.75) is 63.1 Å². The highest BCUT2D eigenvalue weighted by atomic mass is 79.9. The third-order valence-electron chi connectivity index (χ3n) is 11.0. The molecule has 0 aliphatic carbocycles. The second-order valence-corrected chi connectivity index (χ2v) is 16.1. The van der Waals surface area contributed by atoms with Crippen molar-refractivity contribution < 1.29 is 19.2 Å². The molecule has 12 nitrogen and oxygen atoms in total. The summed E-state index contributed by atoms with van der Waals surface area (Å²) in [6.45, 7) is 8.42. The van der Waals surface area contributed by atoms with Crippen LogP contribution in [0.15, 0.2) is 45.3 Å². The highest BCUT2D eigenvalue weighted by Gasteiger charge is 2.35. The Balaban J connectivity index is 1.05. The number of fused-ring (bicyclic) bond motifs is 1. The number of halogens is 2. The number of carbonyl (C=O) groups is 4. The van der Waals surface area contributed by atoms with Gasteiger partial charge in [-0.3, -0.25) is 19.3 Å². The van der Waals surface area contributed by atoms with E-state index in [9.17, 15) is 19.2 Å². The van der Waals surface area contributed by atoms with Crippen LogP contribution < -0.4 is 16.4 Å². The lowest BCUT2D eigenvalue weighted by Crippen LogP contribution is -2.55. The highest BCUT2D eigenvalue weighted by molar-refractivity contribution is 9.11. The minimum absolute atomic E-state index is 0.0112. The molecule has 2 aromatic carbocycles. The molecule has 276 valence electrons. The number of anilines is 2. The number of urea groups is 1. The molecule has 51 heavy (non-hydrogen) atoms. The number of nitrogen functional groups attached to an aromatic ring is 1. The monoisotopic (exact) mass is 828 g/mol. The smallest absolute Gasteiger partial charge is 0.322 e. The summed E-state index contributed by atoms with van der Waals surface area (Å²) < 4.78 is 1.15. The molecule has 3 fully saturated rings. The van der Waals surface area contributed by atoms with Crippen molar-refractivity contribution in [1.82, 2.24) is 29.8 Å². The van der Waals surface area contributed by atoms with Gasteiger partial charge in [-0.1, -0.05) is 18.2 Å². The number of benzene rings is 2. The van der Waals surface area contributed by atoms with Gasteiger partial charge in [0.25, 0.3) is 0 Å². The van der Waals surface area contributed by atoms with Gasteiger partial charge in [0.15, 0.2) is 5.78 Å². The summed E-state index contributed by atoms with van der Waals surface area (Å²) >= 11 is 6.82. The van der Waals surface area contributed by atoms with Crippen LogP contribution >= 0.6 is 31.9 Å². The maximum Gasteiger partial charge on any atom is 0.322 e. The van der Waals surface area contributed by atoms with E-state index in [1.807, 2.05) is 29.2 Å². The van der Waals surface area contributed by atoms with Gasteiger partial charge < -0.3 is 36.0 Å². The maximum atomic E-state index is 14.1. The fourth-order valence-corrected chi connectivity index (χ4v) is 9.01. The minimum atomic E-state index is -1.00. The molecule has 2 aromatic rings. The molecular weight excluding hydrogens is 780 g/mol. The van der Waals surface area contributed by atoms with E-state index in [1.54, 1.807) is 17.0 Å². The Morgan fingerprint density at radius 1 is 0.902 bits per heavy atom. The van der Waals surface area contributed by atoms with Crippen molar-refractivity contribution in [2.24, 2.45) is 0 Å². The minimum Gasteiger partial charge on any atom is -0.397 e. The van der Waals surface area contributed by atoms with E-state index in [1.165, 1.54) is 0 Å². The number of nitrogens with one attached hydrogen (secondary N) is 2. The molecule has 1 atom stereocenters. The number of rotatable bonds is 10. The van der Waals surface area contributed by atoms with Crippen LogP contribution in [0.3, 0.4) is 0 Å². The van der Waals surface area contributed by atoms with Gasteiger partial charge in [-0.15, -0.1) is 0 Å². The van der Waals surface area contributed by atoms with E-state index >= 15 is 0 Å². The van der Waals surface area contributed by atoms with E-state index in [2.05, 4.69) is 64.2 Å². The lowest BCUT2D eigenvalue weighted by Gasteiger charge is -2.42. The lowest BCUT2D eigenvalue weighted by atomic mass is 9.99. The summed E-state index contributed by atoms with van der Waals surface area (Å²) in [5.41, 5.74) is 8.88. The molecule has 14 heteroatoms. The summed E-state index contributed by atoms with van der Waals surface area (Å²) in [7, 11) is 2.18. The van der Waals surface area contributed by atoms with Gasteiger partial charge in [0.2, 0.25) is 11.8 Å². The van der Waals surface area contributed by atoms with Gasteiger partial charge in [-0.05, 0) is 108 Å². The average molecular weight is 831 g/mol. The van der Waals surface area contributed by atoms with E-state index in [4.69, 9.17) is 5.73 Å². The first-order valence-electron chi connectivity index (χ1n) is 18.2. The van der Waals surface area contributed by atoms with Crippen LogP contribution in [-0.4, -0.2) is 139 Å². The van der Waals surface area contributed by atoms with Crippen molar-refractivity contribution >= 4 is 66.9 Å². The standard InChI is InChI=1S/C37H50Br2N8O4/c1-43-18-20-45(21-19-43)27-7-12-44(13-8-27)14-11-34(49)41-32(24-33(48)26-22-29(38)35(40)30(39)23-26)36(50)46-15-9-28(10-16-46)47-17-6-25-4-2-3-5-31(25)42-37(47)51/h2-5,22-23,27-28,32H,6-21,24,40H2,1H3,(H,41,49)(H,42,51). The van der Waals surface area contributed by atoms with E-state index in [0.717, 1.165) is 69.8 Å². The Hall–Kier alpha value is -3.04. The Bertz CT molecular complexity index is 1560. The van der Waals surface area contributed by atoms with Gasteiger partial charge in [0.1, 0.15) is 6.04 Å². The predicted octanol–water partition coefficient (Wildman–Crippen LogP) is 4.03. The molecule has 0 spiro atoms. The summed E-state index contributed by atoms with van der Waals surface area (Å²) in [6.07, 6.45) is 4.26. The molecule has 0 aromatic heterocycles. The largest absolute Gasteiger partial charge is 0.397 e. The highest BCUT2D eigenvalue weighted by Crippen LogP contribution is 2.31. The SMILES string of the molecule is CN1CCN(C2CCN(CCC(=O)NC(CC(=O)c3cc(Br)c(N)c(Br)c3)C(=O)N3CCC(N4CCc5ccccc5NC4=O)CC3)CC2)CC1. The van der Waals surface area contributed by atoms with Crippen LogP contribution in [0.4, 0.5) is 16.2 Å². The molecule has 4 amide bonds. The van der Waals surface area contributed by atoms with Crippen molar-refractivity contribution in [1.29, 1.82) is 0 Å². The van der Waals surface area contributed by atoms with Crippen LogP contribution in [0.25, 0.3) is 0 Å². The molecule has 0 saturated carbocycles. The summed E-state index contributed by atoms with van der Waals surface area (Å²) in [5, 5.41) is 5.99. The number of carbonyl (C=O) groups excluding carboxylic acids is 4. The Kier molecular flexibility index (Phi) is 12.7. The number of hydrogen-bond donors (Lipinski definition) is 3. The number of nitrogens with two attached hydrogens (primary N) is 1. The second kappa shape index (κ2) is 17.2. The van der Waals surface area contributed by atoms with Crippen molar-refractivity contribution in [2.75, 3.05) is 83.5 Å². The van der Waals surface area contributed by atoms with Crippen LogP contribution in [0.5, 0.6) is 0 Å². The van der Waals surface area contributed by atoms with Crippen molar-refractivity contribution in [3.05, 3.63) is 56.5 Å². The third kappa shape index (κ3) is 9.50. The maximum absolute atomic E-state index is 14.1. The molecule has 6 rings (SSSR count). The molecule has 0 bridgehead atoms. The zero-order valence-corrected chi connectivity index (χ0v) is 32.6. The number of likely N-dealkylation sites (N-methyl/N-ethyl adjacent to an activating group) is 1. The van der Waals surface area contributed by atoms with Gasteiger partial charge in [0, 0.05) is 97.5 Å². The molecule has 4 aliphatic heterocycles. The number of ketones is 1. The van der Waals surface area contributed by atoms with Crippen molar-refractivity contribution in [3.63, 3.8) is 0 Å². The first-order valence-corrected chi connectivity index (χ1v) is 19.8. The Morgan fingerprint density at radius 3 is 2.24 bits per heavy atom. The van der Waals surface area contributed by atoms with Crippen LogP contribution in [-0.2, 0) is 16.0 Å².